The average Bonchev–Trinajstić information content (AvgIpc) is 2.66. The zero-order chi connectivity index (χ0) is 20.1. The van der Waals surface area contributed by atoms with Crippen molar-refractivity contribution < 1.29 is 19.4 Å². The second-order valence-corrected chi connectivity index (χ2v) is 7.32. The predicted molar refractivity (Wildman–Crippen MR) is 111 cm³/mol. The standard InChI is InChI=1S/C22H20BrNO4/c1-14(2)28-21-9-4-3-8-17(21)19-11-10-18(22(25)26)20(24-19)13-27-16-7-5-6-15(23)12-16/h3-12,14H,13H2,1-2H3,(H,25,26). The SMILES string of the molecule is CC(C)Oc1ccccc1-c1ccc(C(=O)O)c(COc2cccc(Br)c2)n1. The zero-order valence-electron chi connectivity index (χ0n) is 15.6. The lowest BCUT2D eigenvalue weighted by Gasteiger charge is -2.15. The van der Waals surface area contributed by atoms with Crippen LogP contribution in [0, 0.1) is 0 Å². The molecule has 0 aliphatic heterocycles. The van der Waals surface area contributed by atoms with Gasteiger partial charge in [0.1, 0.15) is 18.1 Å². The third-order valence-electron chi connectivity index (χ3n) is 3.90. The van der Waals surface area contributed by atoms with Gasteiger partial charge in [0.25, 0.3) is 0 Å². The Bertz CT molecular complexity index is 988. The highest BCUT2D eigenvalue weighted by Crippen LogP contribution is 2.30. The maximum absolute atomic E-state index is 11.6. The summed E-state index contributed by atoms with van der Waals surface area (Å²) in [6.45, 7) is 3.95. The van der Waals surface area contributed by atoms with Crippen molar-refractivity contribution in [3.8, 4) is 22.8 Å². The molecule has 5 nitrogen and oxygen atoms in total. The Labute approximate surface area is 172 Å². The van der Waals surface area contributed by atoms with Crippen molar-refractivity contribution >= 4 is 21.9 Å². The first-order valence-corrected chi connectivity index (χ1v) is 9.61. The molecule has 0 spiro atoms. The van der Waals surface area contributed by atoms with Gasteiger partial charge < -0.3 is 14.6 Å². The summed E-state index contributed by atoms with van der Waals surface area (Å²) in [4.78, 5) is 16.2. The second kappa shape index (κ2) is 8.89. The van der Waals surface area contributed by atoms with Crippen LogP contribution >= 0.6 is 15.9 Å². The fourth-order valence-corrected chi connectivity index (χ4v) is 3.08. The van der Waals surface area contributed by atoms with E-state index in [-0.39, 0.29) is 18.3 Å². The molecule has 28 heavy (non-hydrogen) atoms. The minimum absolute atomic E-state index is 0.0128. The van der Waals surface area contributed by atoms with Gasteiger partial charge in [-0.25, -0.2) is 9.78 Å². The van der Waals surface area contributed by atoms with Crippen molar-refractivity contribution in [3.05, 3.63) is 76.4 Å². The summed E-state index contributed by atoms with van der Waals surface area (Å²) in [5, 5.41) is 9.51. The maximum Gasteiger partial charge on any atom is 0.337 e. The minimum atomic E-state index is -1.04. The summed E-state index contributed by atoms with van der Waals surface area (Å²) in [6.07, 6.45) is 0.0128. The van der Waals surface area contributed by atoms with Crippen molar-refractivity contribution in [3.63, 3.8) is 0 Å². The van der Waals surface area contributed by atoms with Gasteiger partial charge in [0.05, 0.1) is 23.1 Å². The van der Waals surface area contributed by atoms with Crippen molar-refractivity contribution in [1.82, 2.24) is 4.98 Å². The Morgan fingerprint density at radius 1 is 1.11 bits per heavy atom. The normalized spacial score (nSPS) is 10.7. The Morgan fingerprint density at radius 2 is 1.89 bits per heavy atom. The molecule has 6 heteroatoms. The molecule has 0 aliphatic rings. The van der Waals surface area contributed by atoms with Gasteiger partial charge in [-0.15, -0.1) is 0 Å². The van der Waals surface area contributed by atoms with Crippen molar-refractivity contribution in [2.24, 2.45) is 0 Å². The van der Waals surface area contributed by atoms with Gasteiger partial charge in [-0.3, -0.25) is 0 Å². The number of carbonyl (C=O) groups is 1. The van der Waals surface area contributed by atoms with Gasteiger partial charge in [0, 0.05) is 10.0 Å². The number of pyridine rings is 1. The molecule has 0 saturated heterocycles. The van der Waals surface area contributed by atoms with Crippen LogP contribution in [0.2, 0.25) is 0 Å². The van der Waals surface area contributed by atoms with Crippen LogP contribution in [0.25, 0.3) is 11.3 Å². The van der Waals surface area contributed by atoms with E-state index in [1.807, 2.05) is 56.3 Å². The van der Waals surface area contributed by atoms with E-state index in [9.17, 15) is 9.90 Å². The number of aromatic nitrogens is 1. The van der Waals surface area contributed by atoms with Gasteiger partial charge >= 0.3 is 5.97 Å². The highest BCUT2D eigenvalue weighted by Gasteiger charge is 2.16. The summed E-state index contributed by atoms with van der Waals surface area (Å²) < 4.78 is 12.5. The number of hydrogen-bond donors (Lipinski definition) is 1. The number of ether oxygens (including phenoxy) is 2. The van der Waals surface area contributed by atoms with Crippen LogP contribution in [0.4, 0.5) is 0 Å². The Morgan fingerprint density at radius 3 is 2.61 bits per heavy atom. The first kappa shape index (κ1) is 19.9. The Hall–Kier alpha value is -2.86. The number of rotatable bonds is 7. The fraction of sp³-hybridized carbons (Fsp3) is 0.182. The number of carboxylic acid groups (broad SMARTS) is 1. The molecule has 3 rings (SSSR count). The monoisotopic (exact) mass is 441 g/mol. The number of para-hydroxylation sites is 1. The van der Waals surface area contributed by atoms with Crippen molar-refractivity contribution in [2.45, 2.75) is 26.6 Å². The largest absolute Gasteiger partial charge is 0.490 e. The molecule has 0 radical (unpaired) electrons. The van der Waals surface area contributed by atoms with E-state index in [2.05, 4.69) is 20.9 Å². The van der Waals surface area contributed by atoms with Crippen LogP contribution < -0.4 is 9.47 Å². The number of aromatic carboxylic acids is 1. The number of benzene rings is 2. The van der Waals surface area contributed by atoms with E-state index >= 15 is 0 Å². The molecular weight excluding hydrogens is 422 g/mol. The average molecular weight is 442 g/mol. The predicted octanol–water partition coefficient (Wildman–Crippen LogP) is 5.58. The quantitative estimate of drug-likeness (QED) is 0.518. The molecule has 1 N–H and O–H groups in total. The highest BCUT2D eigenvalue weighted by molar-refractivity contribution is 9.10. The summed E-state index contributed by atoms with van der Waals surface area (Å²) in [5.41, 5.74) is 1.90. The van der Waals surface area contributed by atoms with E-state index in [1.54, 1.807) is 18.2 Å². The topological polar surface area (TPSA) is 68.7 Å². The van der Waals surface area contributed by atoms with Gasteiger partial charge in [-0.2, -0.15) is 0 Å². The van der Waals surface area contributed by atoms with Crippen LogP contribution in [0.3, 0.4) is 0 Å². The van der Waals surface area contributed by atoms with Crippen LogP contribution in [0.5, 0.6) is 11.5 Å². The van der Waals surface area contributed by atoms with E-state index in [1.165, 1.54) is 0 Å². The summed E-state index contributed by atoms with van der Waals surface area (Å²) in [7, 11) is 0. The number of halogens is 1. The third-order valence-corrected chi connectivity index (χ3v) is 4.40. The van der Waals surface area contributed by atoms with E-state index in [0.717, 1.165) is 10.0 Å². The van der Waals surface area contributed by atoms with E-state index in [0.29, 0.717) is 22.9 Å². The van der Waals surface area contributed by atoms with Crippen LogP contribution in [-0.2, 0) is 6.61 Å². The lowest BCUT2D eigenvalue weighted by atomic mass is 10.1. The molecule has 1 heterocycles. The molecule has 0 aliphatic carbocycles. The first-order chi connectivity index (χ1) is 13.4. The molecule has 0 unspecified atom stereocenters. The smallest absolute Gasteiger partial charge is 0.337 e. The molecule has 1 aromatic heterocycles. The molecule has 0 fully saturated rings. The molecule has 0 saturated carbocycles. The van der Waals surface area contributed by atoms with Gasteiger partial charge in [-0.05, 0) is 56.3 Å². The summed E-state index contributed by atoms with van der Waals surface area (Å²) >= 11 is 3.39. The lowest BCUT2D eigenvalue weighted by molar-refractivity contribution is 0.0693. The number of hydrogen-bond acceptors (Lipinski definition) is 4. The second-order valence-electron chi connectivity index (χ2n) is 6.40. The molecule has 3 aromatic rings. The number of carboxylic acids is 1. The lowest BCUT2D eigenvalue weighted by Crippen LogP contribution is -2.10. The molecule has 0 atom stereocenters. The van der Waals surface area contributed by atoms with Crippen molar-refractivity contribution in [2.75, 3.05) is 0 Å². The summed E-state index contributed by atoms with van der Waals surface area (Å²) in [5.74, 6) is 0.284. The Kier molecular flexibility index (Phi) is 6.31. The maximum atomic E-state index is 11.6. The zero-order valence-corrected chi connectivity index (χ0v) is 17.1. The number of nitrogens with zero attached hydrogens (tertiary/aromatic N) is 1. The van der Waals surface area contributed by atoms with Crippen LogP contribution in [0.15, 0.2) is 65.1 Å². The van der Waals surface area contributed by atoms with Gasteiger partial charge in [-0.1, -0.05) is 34.1 Å². The Balaban J connectivity index is 1.95. The molecule has 144 valence electrons. The van der Waals surface area contributed by atoms with Crippen LogP contribution in [0.1, 0.15) is 29.9 Å². The minimum Gasteiger partial charge on any atom is -0.490 e. The van der Waals surface area contributed by atoms with E-state index in [4.69, 9.17) is 9.47 Å². The third kappa shape index (κ3) is 4.89. The van der Waals surface area contributed by atoms with Crippen LogP contribution in [-0.4, -0.2) is 22.2 Å². The van der Waals surface area contributed by atoms with E-state index < -0.39 is 5.97 Å². The molecular formula is C22H20BrNO4. The molecule has 0 amide bonds. The fourth-order valence-electron chi connectivity index (χ4n) is 2.70. The summed E-state index contributed by atoms with van der Waals surface area (Å²) in [6, 6.07) is 18.2. The molecule has 0 bridgehead atoms. The molecule has 2 aromatic carbocycles. The van der Waals surface area contributed by atoms with Gasteiger partial charge in [0.2, 0.25) is 0 Å². The van der Waals surface area contributed by atoms with Gasteiger partial charge in [0.15, 0.2) is 0 Å². The first-order valence-electron chi connectivity index (χ1n) is 8.81. The van der Waals surface area contributed by atoms with Crippen molar-refractivity contribution in [1.29, 1.82) is 0 Å². The highest BCUT2D eigenvalue weighted by atomic mass is 79.9.